The maximum Gasteiger partial charge on any atom is 0.177 e. The van der Waals surface area contributed by atoms with E-state index >= 15 is 0 Å². The third-order valence-electron chi connectivity index (χ3n) is 4.72. The molecule has 0 radical (unpaired) electrons. The van der Waals surface area contributed by atoms with Crippen molar-refractivity contribution in [1.82, 2.24) is 0 Å². The second-order valence-corrected chi connectivity index (χ2v) is 13.2. The van der Waals surface area contributed by atoms with Gasteiger partial charge < -0.3 is 14.6 Å². The van der Waals surface area contributed by atoms with E-state index in [9.17, 15) is 5.11 Å². The summed E-state index contributed by atoms with van der Waals surface area (Å²) in [5, 5.41) is 9.77. The van der Waals surface area contributed by atoms with E-state index in [-0.39, 0.29) is 6.61 Å². The molecule has 1 fully saturated rings. The van der Waals surface area contributed by atoms with Gasteiger partial charge in [0.05, 0.1) is 13.2 Å². The Kier molecular flexibility index (Phi) is 5.71. The topological polar surface area (TPSA) is 38.7 Å². The summed E-state index contributed by atoms with van der Waals surface area (Å²) >= 11 is 0. The summed E-state index contributed by atoms with van der Waals surface area (Å²) in [5.41, 5.74) is 4.46. The number of rotatable bonds is 4. The zero-order valence-electron chi connectivity index (χ0n) is 14.9. The van der Waals surface area contributed by atoms with Crippen LogP contribution in [0, 0.1) is 11.5 Å². The molecule has 4 heteroatoms. The first-order valence-corrected chi connectivity index (χ1v) is 10.2. The second kappa shape index (κ2) is 6.42. The fourth-order valence-electron chi connectivity index (χ4n) is 3.65. The largest absolute Gasteiger partial charge is 0.392 e. The average Bonchev–Trinajstić information content (AvgIpc) is 2.65. The molecule has 0 aliphatic carbocycles. The van der Waals surface area contributed by atoms with Crippen LogP contribution in [0.3, 0.4) is 0 Å². The molecule has 1 rings (SSSR count). The highest BCUT2D eigenvalue weighted by Gasteiger charge is 2.46. The first-order chi connectivity index (χ1) is 9.51. The van der Waals surface area contributed by atoms with Gasteiger partial charge in [-0.25, -0.2) is 0 Å². The van der Waals surface area contributed by atoms with E-state index < -0.39 is 19.5 Å². The Morgan fingerprint density at radius 3 is 1.81 bits per heavy atom. The van der Waals surface area contributed by atoms with Crippen molar-refractivity contribution in [3.63, 3.8) is 0 Å². The molecule has 1 aliphatic rings. The molecule has 21 heavy (non-hydrogen) atoms. The summed E-state index contributed by atoms with van der Waals surface area (Å²) in [7, 11) is -1.81. The van der Waals surface area contributed by atoms with Crippen LogP contribution in [-0.4, -0.2) is 37.8 Å². The Bertz CT molecular complexity index is 396. The molecule has 0 aromatic heterocycles. The molecular weight excluding hydrogens is 280 g/mol. The molecule has 1 N–H and O–H groups in total. The summed E-state index contributed by atoms with van der Waals surface area (Å²) in [4.78, 5) is 0. The van der Waals surface area contributed by atoms with Crippen LogP contribution in [0.4, 0.5) is 0 Å². The molecule has 3 nitrogen and oxygen atoms in total. The monoisotopic (exact) mass is 312 g/mol. The molecule has 0 saturated carbocycles. The Hall–Kier alpha value is -0.343. The fourth-order valence-corrected chi connectivity index (χ4v) is 8.96. The normalized spacial score (nSPS) is 25.5. The quantitative estimate of drug-likeness (QED) is 0.635. The van der Waals surface area contributed by atoms with Crippen LogP contribution < -0.4 is 0 Å². The van der Waals surface area contributed by atoms with E-state index in [0.717, 1.165) is 0 Å². The minimum Gasteiger partial charge on any atom is -0.392 e. The van der Waals surface area contributed by atoms with Gasteiger partial charge in [-0.1, -0.05) is 47.5 Å². The Labute approximate surface area is 131 Å². The van der Waals surface area contributed by atoms with Crippen molar-refractivity contribution in [3.05, 3.63) is 0 Å². The molecule has 1 heterocycles. The Morgan fingerprint density at radius 2 is 1.52 bits per heavy atom. The number of hydrogen-bond donors (Lipinski definition) is 1. The maximum atomic E-state index is 9.77. The molecule has 1 saturated heterocycles. The van der Waals surface area contributed by atoms with Crippen LogP contribution in [0.15, 0.2) is 0 Å². The molecule has 0 aromatic rings. The molecule has 122 valence electrons. The van der Waals surface area contributed by atoms with Crippen molar-refractivity contribution < 1.29 is 14.6 Å². The second-order valence-electron chi connectivity index (χ2n) is 7.59. The molecule has 0 unspecified atom stereocenters. The lowest BCUT2D eigenvalue weighted by molar-refractivity contribution is -0.155. The van der Waals surface area contributed by atoms with Crippen LogP contribution in [0.25, 0.3) is 0 Å². The summed E-state index contributed by atoms with van der Waals surface area (Å²) in [6, 6.07) is 0. The lowest BCUT2D eigenvalue weighted by Crippen LogP contribution is -2.45. The number of hydrogen-bond acceptors (Lipinski definition) is 3. The van der Waals surface area contributed by atoms with Gasteiger partial charge in [0.25, 0.3) is 0 Å². The Morgan fingerprint density at radius 1 is 1.05 bits per heavy atom. The van der Waals surface area contributed by atoms with E-state index in [1.807, 2.05) is 13.8 Å². The number of aliphatic hydroxyl groups excluding tert-OH is 1. The predicted molar refractivity (Wildman–Crippen MR) is 89.8 cm³/mol. The summed E-state index contributed by atoms with van der Waals surface area (Å²) in [6.07, 6.45) is 0. The molecule has 0 bridgehead atoms. The maximum absolute atomic E-state index is 9.77. The fraction of sp³-hybridized carbons (Fsp3) is 0.882. The molecular formula is C17H32O3Si. The van der Waals surface area contributed by atoms with Gasteiger partial charge in [0.15, 0.2) is 11.4 Å². The molecule has 0 aromatic carbocycles. The number of ether oxygens (including phenoxy) is 2. The van der Waals surface area contributed by atoms with Gasteiger partial charge in [0.1, 0.15) is 8.07 Å². The highest BCUT2D eigenvalue weighted by Crippen LogP contribution is 2.41. The van der Waals surface area contributed by atoms with Crippen LogP contribution in [0.5, 0.6) is 0 Å². The van der Waals surface area contributed by atoms with Gasteiger partial charge in [-0.15, -0.1) is 5.54 Å². The highest BCUT2D eigenvalue weighted by atomic mass is 28.3. The van der Waals surface area contributed by atoms with Crippen molar-refractivity contribution >= 4 is 8.07 Å². The first kappa shape index (κ1) is 18.7. The van der Waals surface area contributed by atoms with Crippen molar-refractivity contribution in [2.24, 2.45) is 0 Å². The predicted octanol–water partition coefficient (Wildman–Crippen LogP) is 3.72. The standard InChI is InChI=1S/C17H32O3Si/c1-13(2)21(14(3)4,15(5)6)10-9-17(11-18)12-19-16(7,8)20-17/h13-15,18H,11-12H2,1-8H3/t17-/m0/s1. The summed E-state index contributed by atoms with van der Waals surface area (Å²) < 4.78 is 11.5. The van der Waals surface area contributed by atoms with E-state index in [1.165, 1.54) is 0 Å². The van der Waals surface area contributed by atoms with Crippen molar-refractivity contribution in [3.8, 4) is 11.5 Å². The van der Waals surface area contributed by atoms with Crippen molar-refractivity contribution in [1.29, 1.82) is 0 Å². The first-order valence-electron chi connectivity index (χ1n) is 8.00. The smallest absolute Gasteiger partial charge is 0.177 e. The van der Waals surface area contributed by atoms with Gasteiger partial charge in [-0.05, 0) is 30.5 Å². The van der Waals surface area contributed by atoms with E-state index in [4.69, 9.17) is 9.47 Å². The lowest BCUT2D eigenvalue weighted by atomic mass is 10.1. The van der Waals surface area contributed by atoms with E-state index in [0.29, 0.717) is 23.2 Å². The van der Waals surface area contributed by atoms with Crippen LogP contribution >= 0.6 is 0 Å². The van der Waals surface area contributed by atoms with Crippen molar-refractivity contribution in [2.45, 2.75) is 83.4 Å². The van der Waals surface area contributed by atoms with Crippen LogP contribution in [0.2, 0.25) is 16.6 Å². The van der Waals surface area contributed by atoms with Crippen molar-refractivity contribution in [2.75, 3.05) is 13.2 Å². The molecule has 1 aliphatic heterocycles. The van der Waals surface area contributed by atoms with Crippen LogP contribution in [-0.2, 0) is 9.47 Å². The Balaban J connectivity index is 3.21. The van der Waals surface area contributed by atoms with Gasteiger partial charge in [0.2, 0.25) is 0 Å². The number of aliphatic hydroxyl groups is 1. The molecule has 0 amide bonds. The van der Waals surface area contributed by atoms with E-state index in [1.54, 1.807) is 0 Å². The van der Waals surface area contributed by atoms with E-state index in [2.05, 4.69) is 53.0 Å². The van der Waals surface area contributed by atoms with Gasteiger partial charge in [-0.2, -0.15) is 0 Å². The summed E-state index contributed by atoms with van der Waals surface area (Å²) in [5.74, 6) is 2.63. The molecule has 1 atom stereocenters. The zero-order valence-corrected chi connectivity index (χ0v) is 15.9. The third-order valence-corrected chi connectivity index (χ3v) is 11.0. The SMILES string of the molecule is CC(C)[Si](C#C[C@]1(CO)COC(C)(C)O1)(C(C)C)C(C)C. The zero-order chi connectivity index (χ0) is 16.5. The lowest BCUT2D eigenvalue weighted by Gasteiger charge is -2.38. The van der Waals surface area contributed by atoms with Gasteiger partial charge >= 0.3 is 0 Å². The minimum atomic E-state index is -1.81. The summed E-state index contributed by atoms with van der Waals surface area (Å²) in [6.45, 7) is 17.6. The van der Waals surface area contributed by atoms with Crippen LogP contribution in [0.1, 0.15) is 55.4 Å². The van der Waals surface area contributed by atoms with Gasteiger partial charge in [0, 0.05) is 0 Å². The van der Waals surface area contributed by atoms with Gasteiger partial charge in [-0.3, -0.25) is 0 Å². The minimum absolute atomic E-state index is 0.123. The highest BCUT2D eigenvalue weighted by molar-refractivity contribution is 6.90. The molecule has 0 spiro atoms. The third kappa shape index (κ3) is 3.71. The average molecular weight is 313 g/mol.